The Morgan fingerprint density at radius 2 is 2.19 bits per heavy atom. The number of carbonyl (C=O) groups is 1. The van der Waals surface area contributed by atoms with Gasteiger partial charge in [-0.25, -0.2) is 9.78 Å². The van der Waals surface area contributed by atoms with Crippen molar-refractivity contribution in [2.45, 2.75) is 6.61 Å². The van der Waals surface area contributed by atoms with Crippen molar-refractivity contribution in [3.63, 3.8) is 0 Å². The van der Waals surface area contributed by atoms with Crippen molar-refractivity contribution in [3.8, 4) is 0 Å². The third-order valence-corrected chi connectivity index (χ3v) is 2.58. The van der Waals surface area contributed by atoms with Gasteiger partial charge >= 0.3 is 6.09 Å². The van der Waals surface area contributed by atoms with Crippen molar-refractivity contribution in [2.75, 3.05) is 5.32 Å². The SMILES string of the molecule is O=C(Nc1ccccc1)OCc1nccs1. The van der Waals surface area contributed by atoms with E-state index < -0.39 is 6.09 Å². The number of nitrogens with one attached hydrogen (secondary N) is 1. The number of nitrogens with zero attached hydrogens (tertiary/aromatic N) is 1. The summed E-state index contributed by atoms with van der Waals surface area (Å²) >= 11 is 1.46. The highest BCUT2D eigenvalue weighted by Gasteiger charge is 2.03. The summed E-state index contributed by atoms with van der Waals surface area (Å²) in [6.07, 6.45) is 1.21. The second kappa shape index (κ2) is 5.27. The Bertz CT molecular complexity index is 442. The van der Waals surface area contributed by atoms with E-state index in [-0.39, 0.29) is 6.61 Å². The van der Waals surface area contributed by atoms with E-state index in [1.807, 2.05) is 23.6 Å². The maximum Gasteiger partial charge on any atom is 0.412 e. The van der Waals surface area contributed by atoms with Crippen LogP contribution in [-0.2, 0) is 11.3 Å². The lowest BCUT2D eigenvalue weighted by Gasteiger charge is -2.04. The number of benzene rings is 1. The molecule has 0 spiro atoms. The fourth-order valence-corrected chi connectivity index (χ4v) is 1.65. The number of aromatic nitrogens is 1. The van der Waals surface area contributed by atoms with Crippen LogP contribution in [0.4, 0.5) is 10.5 Å². The monoisotopic (exact) mass is 234 g/mol. The zero-order valence-corrected chi connectivity index (χ0v) is 9.24. The van der Waals surface area contributed by atoms with Crippen LogP contribution >= 0.6 is 11.3 Å². The highest BCUT2D eigenvalue weighted by atomic mass is 32.1. The van der Waals surface area contributed by atoms with Gasteiger partial charge in [-0.15, -0.1) is 11.3 Å². The van der Waals surface area contributed by atoms with E-state index in [9.17, 15) is 4.79 Å². The van der Waals surface area contributed by atoms with Crippen LogP contribution in [0.15, 0.2) is 41.9 Å². The van der Waals surface area contributed by atoms with Gasteiger partial charge in [-0.1, -0.05) is 18.2 Å². The minimum atomic E-state index is -0.471. The lowest BCUT2D eigenvalue weighted by Crippen LogP contribution is -2.13. The normalized spacial score (nSPS) is 9.75. The van der Waals surface area contributed by atoms with Crippen LogP contribution < -0.4 is 5.32 Å². The van der Waals surface area contributed by atoms with Gasteiger partial charge in [0.1, 0.15) is 11.6 Å². The summed E-state index contributed by atoms with van der Waals surface area (Å²) in [5, 5.41) is 5.24. The Morgan fingerprint density at radius 1 is 1.38 bits per heavy atom. The van der Waals surface area contributed by atoms with Crippen molar-refractivity contribution < 1.29 is 9.53 Å². The lowest BCUT2D eigenvalue weighted by atomic mass is 10.3. The van der Waals surface area contributed by atoms with Gasteiger partial charge in [-0.2, -0.15) is 0 Å². The number of anilines is 1. The number of para-hydroxylation sites is 1. The van der Waals surface area contributed by atoms with E-state index in [1.54, 1.807) is 18.3 Å². The number of thiazole rings is 1. The number of rotatable bonds is 3. The van der Waals surface area contributed by atoms with Crippen LogP contribution in [0.1, 0.15) is 5.01 Å². The average molecular weight is 234 g/mol. The van der Waals surface area contributed by atoms with Crippen molar-refractivity contribution in [1.29, 1.82) is 0 Å². The molecule has 0 atom stereocenters. The summed E-state index contributed by atoms with van der Waals surface area (Å²) in [7, 11) is 0. The zero-order valence-electron chi connectivity index (χ0n) is 8.42. The number of hydrogen-bond donors (Lipinski definition) is 1. The molecule has 0 bridgehead atoms. The third-order valence-electron chi connectivity index (χ3n) is 1.83. The van der Waals surface area contributed by atoms with Crippen molar-refractivity contribution in [3.05, 3.63) is 46.9 Å². The van der Waals surface area contributed by atoms with Gasteiger partial charge in [0.05, 0.1) is 0 Å². The molecule has 82 valence electrons. The molecule has 0 aliphatic carbocycles. The Hall–Kier alpha value is -1.88. The molecule has 0 unspecified atom stereocenters. The van der Waals surface area contributed by atoms with Crippen molar-refractivity contribution in [2.24, 2.45) is 0 Å². The van der Waals surface area contributed by atoms with Gasteiger partial charge in [0.2, 0.25) is 0 Å². The van der Waals surface area contributed by atoms with Gasteiger partial charge in [0.15, 0.2) is 0 Å². The summed E-state index contributed by atoms with van der Waals surface area (Å²) in [5.41, 5.74) is 0.714. The van der Waals surface area contributed by atoms with Gasteiger partial charge in [-0.05, 0) is 12.1 Å². The number of amides is 1. The Kier molecular flexibility index (Phi) is 3.50. The fraction of sp³-hybridized carbons (Fsp3) is 0.0909. The molecule has 1 amide bonds. The molecule has 0 radical (unpaired) electrons. The Morgan fingerprint density at radius 3 is 2.88 bits per heavy atom. The van der Waals surface area contributed by atoms with Gasteiger partial charge in [0.25, 0.3) is 0 Å². The largest absolute Gasteiger partial charge is 0.442 e. The molecule has 0 aliphatic rings. The second-order valence-corrected chi connectivity index (χ2v) is 3.97. The summed E-state index contributed by atoms with van der Waals surface area (Å²) in [6.45, 7) is 0.205. The molecule has 0 aliphatic heterocycles. The van der Waals surface area contributed by atoms with Crippen LogP contribution in [0, 0.1) is 0 Å². The van der Waals surface area contributed by atoms with Gasteiger partial charge in [0, 0.05) is 17.3 Å². The summed E-state index contributed by atoms with van der Waals surface area (Å²) in [4.78, 5) is 15.4. The van der Waals surface area contributed by atoms with Crippen LogP contribution in [0.5, 0.6) is 0 Å². The number of carbonyl (C=O) groups excluding carboxylic acids is 1. The van der Waals surface area contributed by atoms with E-state index in [0.717, 1.165) is 5.01 Å². The zero-order chi connectivity index (χ0) is 11.2. The van der Waals surface area contributed by atoms with E-state index in [4.69, 9.17) is 4.74 Å². The molecule has 1 aromatic carbocycles. The van der Waals surface area contributed by atoms with Crippen LogP contribution in [0.2, 0.25) is 0 Å². The predicted molar refractivity (Wildman–Crippen MR) is 62.4 cm³/mol. The highest BCUT2D eigenvalue weighted by Crippen LogP contribution is 2.08. The van der Waals surface area contributed by atoms with Crippen LogP contribution in [0.25, 0.3) is 0 Å². The minimum Gasteiger partial charge on any atom is -0.442 e. The number of ether oxygens (including phenoxy) is 1. The fourth-order valence-electron chi connectivity index (χ4n) is 1.13. The molecule has 0 saturated carbocycles. The first-order valence-corrected chi connectivity index (χ1v) is 5.60. The van der Waals surface area contributed by atoms with E-state index in [0.29, 0.717) is 5.69 Å². The van der Waals surface area contributed by atoms with Crippen LogP contribution in [-0.4, -0.2) is 11.1 Å². The molecule has 2 rings (SSSR count). The molecule has 16 heavy (non-hydrogen) atoms. The first-order chi connectivity index (χ1) is 7.84. The molecule has 1 aromatic heterocycles. The Labute approximate surface area is 96.9 Å². The third kappa shape index (κ3) is 3.06. The summed E-state index contributed by atoms with van der Waals surface area (Å²) < 4.78 is 4.99. The molecule has 1 heterocycles. The molecule has 0 fully saturated rings. The molecule has 1 N–H and O–H groups in total. The lowest BCUT2D eigenvalue weighted by molar-refractivity contribution is 0.155. The Balaban J connectivity index is 1.81. The maximum atomic E-state index is 11.4. The molecule has 5 heteroatoms. The average Bonchev–Trinajstić information content (AvgIpc) is 2.81. The van der Waals surface area contributed by atoms with Gasteiger partial charge < -0.3 is 4.74 Å². The van der Waals surface area contributed by atoms with Gasteiger partial charge in [-0.3, -0.25) is 5.32 Å². The molecule has 4 nitrogen and oxygen atoms in total. The van der Waals surface area contributed by atoms with E-state index >= 15 is 0 Å². The summed E-state index contributed by atoms with van der Waals surface area (Å²) in [6, 6.07) is 9.16. The first-order valence-electron chi connectivity index (χ1n) is 4.72. The van der Waals surface area contributed by atoms with Crippen molar-refractivity contribution in [1.82, 2.24) is 4.98 Å². The maximum absolute atomic E-state index is 11.4. The summed E-state index contributed by atoms with van der Waals surface area (Å²) in [5.74, 6) is 0. The standard InChI is InChI=1S/C11H10N2O2S/c14-11(13-9-4-2-1-3-5-9)15-8-10-12-6-7-16-10/h1-7H,8H2,(H,13,14). The quantitative estimate of drug-likeness (QED) is 0.888. The van der Waals surface area contributed by atoms with Crippen molar-refractivity contribution >= 4 is 23.1 Å². The number of hydrogen-bond acceptors (Lipinski definition) is 4. The highest BCUT2D eigenvalue weighted by molar-refractivity contribution is 7.09. The molecule has 2 aromatic rings. The topological polar surface area (TPSA) is 51.2 Å². The smallest absolute Gasteiger partial charge is 0.412 e. The second-order valence-electron chi connectivity index (χ2n) is 2.99. The van der Waals surface area contributed by atoms with Crippen LogP contribution in [0.3, 0.4) is 0 Å². The first kappa shape index (κ1) is 10.6. The predicted octanol–water partition coefficient (Wildman–Crippen LogP) is 2.89. The minimum absolute atomic E-state index is 0.205. The van der Waals surface area contributed by atoms with E-state index in [1.165, 1.54) is 11.3 Å². The molecule has 0 saturated heterocycles. The molecular weight excluding hydrogens is 224 g/mol. The van der Waals surface area contributed by atoms with E-state index in [2.05, 4.69) is 10.3 Å². The molecular formula is C11H10N2O2S.